The van der Waals surface area contributed by atoms with Gasteiger partial charge in [-0.25, -0.2) is 4.98 Å². The quantitative estimate of drug-likeness (QED) is 0.852. The molecule has 0 aromatic carbocycles. The van der Waals surface area contributed by atoms with E-state index in [4.69, 9.17) is 0 Å². The van der Waals surface area contributed by atoms with Crippen molar-refractivity contribution in [2.75, 3.05) is 37.0 Å². The van der Waals surface area contributed by atoms with Crippen LogP contribution < -0.4 is 20.7 Å². The van der Waals surface area contributed by atoms with Crippen molar-refractivity contribution in [2.24, 2.45) is 0 Å². The second-order valence-corrected chi connectivity index (χ2v) is 6.31. The van der Waals surface area contributed by atoms with Gasteiger partial charge in [0.15, 0.2) is 5.82 Å². The van der Waals surface area contributed by atoms with Crippen LogP contribution in [-0.4, -0.2) is 48.2 Å². The molecule has 0 aliphatic carbocycles. The number of anilines is 2. The van der Waals surface area contributed by atoms with Gasteiger partial charge in [-0.05, 0) is 18.9 Å². The number of hydrogen-bond donors (Lipinski definition) is 2. The third kappa shape index (κ3) is 3.73. The van der Waals surface area contributed by atoms with Crippen LogP contribution in [0.15, 0.2) is 35.6 Å². The van der Waals surface area contributed by atoms with Crippen LogP contribution in [0.1, 0.15) is 18.4 Å². The minimum atomic E-state index is -0.125. The van der Waals surface area contributed by atoms with E-state index in [1.165, 1.54) is 11.3 Å². The maximum atomic E-state index is 11.9. The summed E-state index contributed by atoms with van der Waals surface area (Å²) in [6, 6.07) is 2.35. The van der Waals surface area contributed by atoms with E-state index in [-0.39, 0.29) is 5.56 Å². The Labute approximate surface area is 141 Å². The Kier molecular flexibility index (Phi) is 5.10. The number of aromatic amines is 1. The second-order valence-electron chi connectivity index (χ2n) is 6.31. The average Bonchev–Trinajstić information content (AvgIpc) is 2.61. The van der Waals surface area contributed by atoms with Crippen LogP contribution >= 0.6 is 0 Å². The molecule has 3 heterocycles. The van der Waals surface area contributed by atoms with Crippen molar-refractivity contribution >= 4 is 11.5 Å². The summed E-state index contributed by atoms with van der Waals surface area (Å²) in [6.45, 7) is 2.42. The lowest BCUT2D eigenvalue weighted by atomic mass is 10.1. The van der Waals surface area contributed by atoms with Crippen LogP contribution in [0, 0.1) is 0 Å². The van der Waals surface area contributed by atoms with Crippen molar-refractivity contribution in [1.82, 2.24) is 20.3 Å². The lowest BCUT2D eigenvalue weighted by Crippen LogP contribution is -2.47. The van der Waals surface area contributed by atoms with Gasteiger partial charge in [-0.3, -0.25) is 9.78 Å². The van der Waals surface area contributed by atoms with Gasteiger partial charge in [0.05, 0.1) is 0 Å². The van der Waals surface area contributed by atoms with Gasteiger partial charge >= 0.3 is 0 Å². The Morgan fingerprint density at radius 3 is 3.08 bits per heavy atom. The number of H-pyrrole nitrogens is 1. The first-order chi connectivity index (χ1) is 11.6. The second kappa shape index (κ2) is 7.44. The molecule has 2 aromatic heterocycles. The summed E-state index contributed by atoms with van der Waals surface area (Å²) in [7, 11) is 4.07. The molecule has 1 fully saturated rings. The van der Waals surface area contributed by atoms with Gasteiger partial charge in [0.1, 0.15) is 0 Å². The molecule has 2 aromatic rings. The van der Waals surface area contributed by atoms with Gasteiger partial charge in [0.25, 0.3) is 5.56 Å². The Morgan fingerprint density at radius 2 is 2.29 bits per heavy atom. The maximum absolute atomic E-state index is 11.9. The topological polar surface area (TPSA) is 77.2 Å². The van der Waals surface area contributed by atoms with E-state index < -0.39 is 0 Å². The first-order valence-electron chi connectivity index (χ1n) is 8.27. The molecule has 0 radical (unpaired) electrons. The van der Waals surface area contributed by atoms with E-state index in [1.807, 2.05) is 32.6 Å². The zero-order chi connectivity index (χ0) is 16.9. The molecule has 1 atom stereocenters. The smallest absolute Gasteiger partial charge is 0.290 e. The molecule has 0 saturated carbocycles. The fourth-order valence-electron chi connectivity index (χ4n) is 3.15. The van der Waals surface area contributed by atoms with Crippen molar-refractivity contribution in [3.8, 4) is 0 Å². The average molecular weight is 328 g/mol. The lowest BCUT2D eigenvalue weighted by molar-refractivity contribution is 0.419. The van der Waals surface area contributed by atoms with E-state index in [2.05, 4.69) is 30.1 Å². The Hall–Kier alpha value is -2.41. The standard InChI is InChI=1S/C17H24N6O/c1-22(2)15-5-6-18-10-13(15)11-21-14-4-3-9-23(12-14)16-17(24)20-8-7-19-16/h5-8,10,14,21H,3-4,9,11-12H2,1-2H3,(H,20,24)/t14-/m1/s1. The van der Waals surface area contributed by atoms with Crippen LogP contribution in [0.4, 0.5) is 11.5 Å². The molecule has 0 unspecified atom stereocenters. The highest BCUT2D eigenvalue weighted by atomic mass is 16.1. The monoisotopic (exact) mass is 328 g/mol. The summed E-state index contributed by atoms with van der Waals surface area (Å²) >= 11 is 0. The highest BCUT2D eigenvalue weighted by Gasteiger charge is 2.22. The fraction of sp³-hybridized carbons (Fsp3) is 0.471. The van der Waals surface area contributed by atoms with Crippen LogP contribution in [-0.2, 0) is 6.54 Å². The Balaban J connectivity index is 1.64. The number of aromatic nitrogens is 3. The van der Waals surface area contributed by atoms with Gasteiger partial charge in [-0.1, -0.05) is 0 Å². The molecule has 7 nitrogen and oxygen atoms in total. The number of nitrogens with zero attached hydrogens (tertiary/aromatic N) is 4. The molecule has 1 aliphatic rings. The minimum Gasteiger partial charge on any atom is -0.377 e. The molecule has 0 amide bonds. The number of rotatable bonds is 5. The van der Waals surface area contributed by atoms with Crippen molar-refractivity contribution < 1.29 is 0 Å². The van der Waals surface area contributed by atoms with Crippen LogP contribution in [0.3, 0.4) is 0 Å². The van der Waals surface area contributed by atoms with Gasteiger partial charge in [-0.15, -0.1) is 0 Å². The molecular weight excluding hydrogens is 304 g/mol. The fourth-order valence-corrected chi connectivity index (χ4v) is 3.15. The van der Waals surface area contributed by atoms with Crippen molar-refractivity contribution in [3.63, 3.8) is 0 Å². The normalized spacial score (nSPS) is 17.8. The van der Waals surface area contributed by atoms with Crippen LogP contribution in [0.2, 0.25) is 0 Å². The van der Waals surface area contributed by atoms with E-state index in [9.17, 15) is 4.79 Å². The number of hydrogen-bond acceptors (Lipinski definition) is 6. The van der Waals surface area contributed by atoms with Gasteiger partial charge in [0.2, 0.25) is 0 Å². The summed E-state index contributed by atoms with van der Waals surface area (Å²) in [5.74, 6) is 0.513. The molecule has 1 saturated heterocycles. The van der Waals surface area contributed by atoms with E-state index in [1.54, 1.807) is 12.4 Å². The summed E-state index contributed by atoms with van der Waals surface area (Å²) in [5, 5.41) is 3.60. The zero-order valence-electron chi connectivity index (χ0n) is 14.2. The van der Waals surface area contributed by atoms with E-state index >= 15 is 0 Å². The lowest BCUT2D eigenvalue weighted by Gasteiger charge is -2.33. The van der Waals surface area contributed by atoms with Crippen LogP contribution in [0.25, 0.3) is 0 Å². The van der Waals surface area contributed by atoms with Crippen molar-refractivity contribution in [3.05, 3.63) is 46.8 Å². The predicted octanol–water partition coefficient (Wildman–Crippen LogP) is 0.989. The first-order valence-corrected chi connectivity index (χ1v) is 8.27. The summed E-state index contributed by atoms with van der Waals surface area (Å²) in [4.78, 5) is 27.3. The Morgan fingerprint density at radius 1 is 1.42 bits per heavy atom. The summed E-state index contributed by atoms with van der Waals surface area (Å²) in [6.07, 6.45) is 9.06. The van der Waals surface area contributed by atoms with Gasteiger partial charge in [0, 0.05) is 75.8 Å². The largest absolute Gasteiger partial charge is 0.377 e. The maximum Gasteiger partial charge on any atom is 0.290 e. The van der Waals surface area contributed by atoms with Gasteiger partial charge < -0.3 is 20.1 Å². The Bertz CT molecular complexity index is 729. The van der Waals surface area contributed by atoms with Crippen LogP contribution in [0.5, 0.6) is 0 Å². The van der Waals surface area contributed by atoms with Crippen molar-refractivity contribution in [1.29, 1.82) is 0 Å². The predicted molar refractivity (Wildman–Crippen MR) is 95.5 cm³/mol. The molecule has 3 rings (SSSR count). The van der Waals surface area contributed by atoms with Crippen molar-refractivity contribution in [2.45, 2.75) is 25.4 Å². The number of piperidine rings is 1. The highest BCUT2D eigenvalue weighted by Crippen LogP contribution is 2.18. The molecule has 0 bridgehead atoms. The number of nitrogens with one attached hydrogen (secondary N) is 2. The molecule has 24 heavy (non-hydrogen) atoms. The molecule has 0 spiro atoms. The molecule has 128 valence electrons. The first kappa shape index (κ1) is 16.4. The third-order valence-corrected chi connectivity index (χ3v) is 4.35. The van der Waals surface area contributed by atoms with E-state index in [0.717, 1.165) is 32.5 Å². The minimum absolute atomic E-state index is 0.125. The SMILES string of the molecule is CN(C)c1ccncc1CN[C@@H]1CCCN(c2ncc[nH]c2=O)C1. The third-order valence-electron chi connectivity index (χ3n) is 4.35. The summed E-state index contributed by atoms with van der Waals surface area (Å²) < 4.78 is 0. The molecule has 7 heteroatoms. The number of pyridine rings is 1. The molecule has 1 aliphatic heterocycles. The van der Waals surface area contributed by atoms with Gasteiger partial charge in [-0.2, -0.15) is 0 Å². The summed E-state index contributed by atoms with van der Waals surface area (Å²) in [5.41, 5.74) is 2.22. The highest BCUT2D eigenvalue weighted by molar-refractivity contribution is 5.50. The zero-order valence-corrected chi connectivity index (χ0v) is 14.2. The molecule has 2 N–H and O–H groups in total. The molecular formula is C17H24N6O. The van der Waals surface area contributed by atoms with E-state index in [0.29, 0.717) is 11.9 Å².